The van der Waals surface area contributed by atoms with E-state index in [2.05, 4.69) is 0 Å². The average molecular weight is 304 g/mol. The smallest absolute Gasteiger partial charge is 0.324 e. The Morgan fingerprint density at radius 2 is 1.95 bits per heavy atom. The Labute approximate surface area is 122 Å². The molecular weight excluding hydrogens is 275 g/mol. The minimum absolute atomic E-state index is 0.0408. The first kappa shape index (κ1) is 17.9. The van der Waals surface area contributed by atoms with Crippen LogP contribution in [0.15, 0.2) is 0 Å². The highest BCUT2D eigenvalue weighted by molar-refractivity contribution is 7.52. The molecule has 0 bridgehead atoms. The summed E-state index contributed by atoms with van der Waals surface area (Å²) in [5.74, 6) is 0.780. The molecule has 0 amide bonds. The van der Waals surface area contributed by atoms with Crippen LogP contribution >= 0.6 is 7.60 Å². The molecule has 0 spiro atoms. The summed E-state index contributed by atoms with van der Waals surface area (Å²) >= 11 is 0. The molecule has 2 atom stereocenters. The largest absolute Gasteiger partial charge is 0.328 e. The number of hydrogen-bond acceptors (Lipinski definition) is 3. The fourth-order valence-electron chi connectivity index (χ4n) is 2.64. The number of Topliss-reactive ketones (excluding diaryl/α,β-unsaturated/α-hetero) is 1. The van der Waals surface area contributed by atoms with Gasteiger partial charge in [0.05, 0.1) is 12.3 Å². The summed E-state index contributed by atoms with van der Waals surface area (Å²) < 4.78 is 16.9. The molecular formula is C15H29O4P. The van der Waals surface area contributed by atoms with Gasteiger partial charge in [0.25, 0.3) is 0 Å². The van der Waals surface area contributed by atoms with Crippen LogP contribution in [0.4, 0.5) is 0 Å². The van der Waals surface area contributed by atoms with E-state index in [1.54, 1.807) is 6.92 Å². The van der Waals surface area contributed by atoms with Gasteiger partial charge in [0, 0.05) is 12.8 Å². The molecule has 0 saturated heterocycles. The van der Waals surface area contributed by atoms with Gasteiger partial charge in [-0.1, -0.05) is 39.0 Å². The number of carbonyl (C=O) groups is 1. The minimum atomic E-state index is -3.60. The normalized spacial score (nSPS) is 21.4. The molecule has 1 rings (SSSR count). The van der Waals surface area contributed by atoms with Crippen molar-refractivity contribution in [2.75, 3.05) is 6.16 Å². The molecule has 1 aliphatic carbocycles. The summed E-state index contributed by atoms with van der Waals surface area (Å²) in [4.78, 5) is 21.5. The van der Waals surface area contributed by atoms with Gasteiger partial charge in [-0.25, -0.2) is 0 Å². The van der Waals surface area contributed by atoms with E-state index in [0.29, 0.717) is 18.8 Å². The van der Waals surface area contributed by atoms with Crippen molar-refractivity contribution in [3.63, 3.8) is 0 Å². The Kier molecular flexibility index (Phi) is 8.01. The predicted molar refractivity (Wildman–Crippen MR) is 81.0 cm³/mol. The Bertz CT molecular complexity index is 337. The van der Waals surface area contributed by atoms with Crippen molar-refractivity contribution in [2.45, 2.75) is 77.7 Å². The van der Waals surface area contributed by atoms with E-state index in [1.165, 1.54) is 32.1 Å². The molecule has 118 valence electrons. The lowest BCUT2D eigenvalue weighted by Crippen LogP contribution is -2.11. The topological polar surface area (TPSA) is 63.6 Å². The number of hydrogen-bond donors (Lipinski definition) is 1. The van der Waals surface area contributed by atoms with Crippen LogP contribution in [0.5, 0.6) is 0 Å². The Morgan fingerprint density at radius 3 is 2.55 bits per heavy atom. The summed E-state index contributed by atoms with van der Waals surface area (Å²) in [6.07, 6.45) is 8.45. The highest BCUT2D eigenvalue weighted by Crippen LogP contribution is 2.44. The fourth-order valence-corrected chi connectivity index (χ4v) is 3.99. The molecule has 5 heteroatoms. The summed E-state index contributed by atoms with van der Waals surface area (Å²) in [5.41, 5.74) is 0. The maximum atomic E-state index is 11.8. The van der Waals surface area contributed by atoms with Gasteiger partial charge in [-0.2, -0.15) is 0 Å². The van der Waals surface area contributed by atoms with Crippen molar-refractivity contribution in [3.8, 4) is 0 Å². The third-order valence-corrected chi connectivity index (χ3v) is 5.63. The van der Waals surface area contributed by atoms with Gasteiger partial charge in [0.15, 0.2) is 0 Å². The van der Waals surface area contributed by atoms with Crippen LogP contribution in [0, 0.1) is 5.92 Å². The van der Waals surface area contributed by atoms with Crippen molar-refractivity contribution in [3.05, 3.63) is 0 Å². The zero-order valence-electron chi connectivity index (χ0n) is 12.8. The van der Waals surface area contributed by atoms with Crippen molar-refractivity contribution in [2.24, 2.45) is 5.92 Å². The molecule has 1 aliphatic rings. The SMILES string of the molecule is CCC(C)OP(=O)(O)CCC(=O)CCC1CCCCC1. The van der Waals surface area contributed by atoms with E-state index in [0.717, 1.165) is 6.42 Å². The Hall–Kier alpha value is -0.180. The maximum absolute atomic E-state index is 11.8. The van der Waals surface area contributed by atoms with Gasteiger partial charge in [-0.05, 0) is 25.7 Å². The van der Waals surface area contributed by atoms with Gasteiger partial charge in [0.2, 0.25) is 0 Å². The van der Waals surface area contributed by atoms with Crippen LogP contribution < -0.4 is 0 Å². The van der Waals surface area contributed by atoms with E-state index in [9.17, 15) is 14.3 Å². The van der Waals surface area contributed by atoms with Crippen molar-refractivity contribution in [1.82, 2.24) is 0 Å². The molecule has 4 nitrogen and oxygen atoms in total. The van der Waals surface area contributed by atoms with E-state index in [1.807, 2.05) is 6.92 Å². The lowest BCUT2D eigenvalue weighted by molar-refractivity contribution is -0.119. The van der Waals surface area contributed by atoms with E-state index in [-0.39, 0.29) is 24.5 Å². The second kappa shape index (κ2) is 8.96. The second-order valence-electron chi connectivity index (χ2n) is 6.02. The summed E-state index contributed by atoms with van der Waals surface area (Å²) in [6.45, 7) is 3.67. The molecule has 0 aromatic rings. The monoisotopic (exact) mass is 304 g/mol. The molecule has 1 fully saturated rings. The van der Waals surface area contributed by atoms with Crippen LogP contribution in [0.2, 0.25) is 0 Å². The van der Waals surface area contributed by atoms with Gasteiger partial charge in [-0.3, -0.25) is 9.36 Å². The Morgan fingerprint density at radius 1 is 1.30 bits per heavy atom. The van der Waals surface area contributed by atoms with Crippen LogP contribution in [0.1, 0.15) is 71.6 Å². The molecule has 0 aromatic carbocycles. The van der Waals surface area contributed by atoms with Gasteiger partial charge >= 0.3 is 7.60 Å². The van der Waals surface area contributed by atoms with E-state index < -0.39 is 7.60 Å². The molecule has 2 unspecified atom stereocenters. The second-order valence-corrected chi connectivity index (χ2v) is 7.95. The predicted octanol–water partition coefficient (Wildman–Crippen LogP) is 4.31. The van der Waals surface area contributed by atoms with Crippen molar-refractivity contribution in [1.29, 1.82) is 0 Å². The molecule has 0 heterocycles. The first-order valence-electron chi connectivity index (χ1n) is 7.95. The number of ketones is 1. The van der Waals surface area contributed by atoms with Crippen LogP contribution in [-0.4, -0.2) is 22.9 Å². The lowest BCUT2D eigenvalue weighted by atomic mass is 9.85. The Balaban J connectivity index is 2.19. The fraction of sp³-hybridized carbons (Fsp3) is 0.933. The molecule has 0 aliphatic heterocycles. The van der Waals surface area contributed by atoms with Crippen LogP contribution in [-0.2, 0) is 13.9 Å². The number of rotatable bonds is 9. The number of carbonyl (C=O) groups excluding carboxylic acids is 1. The first-order chi connectivity index (χ1) is 9.43. The maximum Gasteiger partial charge on any atom is 0.328 e. The van der Waals surface area contributed by atoms with Crippen LogP contribution in [0.3, 0.4) is 0 Å². The molecule has 1 N–H and O–H groups in total. The molecule has 0 radical (unpaired) electrons. The minimum Gasteiger partial charge on any atom is -0.324 e. The molecule has 1 saturated carbocycles. The highest BCUT2D eigenvalue weighted by Gasteiger charge is 2.23. The quantitative estimate of drug-likeness (QED) is 0.645. The zero-order chi connectivity index (χ0) is 15.0. The summed E-state index contributed by atoms with van der Waals surface area (Å²) in [6, 6.07) is 0. The molecule has 0 aromatic heterocycles. The highest BCUT2D eigenvalue weighted by atomic mass is 31.2. The summed E-state index contributed by atoms with van der Waals surface area (Å²) in [7, 11) is -3.60. The van der Waals surface area contributed by atoms with E-state index in [4.69, 9.17) is 4.52 Å². The van der Waals surface area contributed by atoms with Gasteiger partial charge in [0.1, 0.15) is 5.78 Å². The zero-order valence-corrected chi connectivity index (χ0v) is 13.7. The van der Waals surface area contributed by atoms with E-state index >= 15 is 0 Å². The standard InChI is InChI=1S/C15H29O4P/c1-3-13(2)19-20(17,18)12-11-15(16)10-9-14-7-5-4-6-8-14/h13-14H,3-12H2,1-2H3,(H,17,18). The molecule has 20 heavy (non-hydrogen) atoms. The van der Waals surface area contributed by atoms with Gasteiger partial charge < -0.3 is 9.42 Å². The lowest BCUT2D eigenvalue weighted by Gasteiger charge is -2.21. The third kappa shape index (κ3) is 7.56. The summed E-state index contributed by atoms with van der Waals surface area (Å²) in [5, 5.41) is 0. The third-order valence-electron chi connectivity index (χ3n) is 4.15. The first-order valence-corrected chi connectivity index (χ1v) is 9.71. The van der Waals surface area contributed by atoms with Crippen molar-refractivity contribution < 1.29 is 18.8 Å². The average Bonchev–Trinajstić information content (AvgIpc) is 2.43. The van der Waals surface area contributed by atoms with Gasteiger partial charge in [-0.15, -0.1) is 0 Å². The van der Waals surface area contributed by atoms with Crippen molar-refractivity contribution >= 4 is 13.4 Å². The van der Waals surface area contributed by atoms with Crippen LogP contribution in [0.25, 0.3) is 0 Å².